The third kappa shape index (κ3) is 11.0. The Hall–Kier alpha value is -3.62. The number of imide groups is 1. The average molecular weight is 626 g/mol. The van der Waals surface area contributed by atoms with E-state index in [1.165, 1.54) is 9.80 Å². The molecule has 1 N–H and O–H groups in total. The van der Waals surface area contributed by atoms with Crippen LogP contribution in [0.3, 0.4) is 0 Å². The van der Waals surface area contributed by atoms with E-state index < -0.39 is 17.6 Å². The Balaban J connectivity index is 1.44. The summed E-state index contributed by atoms with van der Waals surface area (Å²) in [4.78, 5) is 56.3. The molecular weight excluding hydrogens is 574 g/mol. The molecular formula is C34H51N5O6. The van der Waals surface area contributed by atoms with Crippen LogP contribution >= 0.6 is 0 Å². The Morgan fingerprint density at radius 3 is 2.42 bits per heavy atom. The van der Waals surface area contributed by atoms with Gasteiger partial charge in [-0.05, 0) is 78.0 Å². The number of carbonyl (C=O) groups excluding carboxylic acids is 4. The Labute approximate surface area is 268 Å². The number of amides is 5. The summed E-state index contributed by atoms with van der Waals surface area (Å²) in [6, 6.07) is 6.30. The molecule has 5 amide bonds. The maximum Gasteiger partial charge on any atom is 0.410 e. The molecule has 2 fully saturated rings. The minimum Gasteiger partial charge on any atom is -0.444 e. The lowest BCUT2D eigenvalue weighted by molar-refractivity contribution is -0.136. The van der Waals surface area contributed by atoms with Gasteiger partial charge in [0.05, 0.1) is 11.8 Å². The smallest absolute Gasteiger partial charge is 0.410 e. The number of anilines is 1. The summed E-state index contributed by atoms with van der Waals surface area (Å²) in [5.41, 5.74) is 0.830. The highest BCUT2D eigenvalue weighted by atomic mass is 16.6. The summed E-state index contributed by atoms with van der Waals surface area (Å²) in [5.74, 6) is 6.02. The van der Waals surface area contributed by atoms with Gasteiger partial charge in [-0.1, -0.05) is 30.9 Å². The van der Waals surface area contributed by atoms with Gasteiger partial charge in [0.15, 0.2) is 0 Å². The Kier molecular flexibility index (Phi) is 13.2. The van der Waals surface area contributed by atoms with Gasteiger partial charge in [-0.25, -0.2) is 9.59 Å². The maximum atomic E-state index is 13.2. The highest BCUT2D eigenvalue weighted by molar-refractivity contribution is 6.03. The third-order valence-corrected chi connectivity index (χ3v) is 8.27. The largest absolute Gasteiger partial charge is 0.444 e. The fraction of sp³-hybridized carbons (Fsp3) is 0.647. The summed E-state index contributed by atoms with van der Waals surface area (Å²) in [5, 5.41) is 2.30. The van der Waals surface area contributed by atoms with Crippen molar-refractivity contribution in [2.45, 2.75) is 84.0 Å². The molecule has 2 aliphatic rings. The van der Waals surface area contributed by atoms with E-state index in [2.05, 4.69) is 36.0 Å². The fourth-order valence-corrected chi connectivity index (χ4v) is 5.61. The lowest BCUT2D eigenvalue weighted by atomic mass is 9.96. The van der Waals surface area contributed by atoms with Gasteiger partial charge in [0, 0.05) is 52.3 Å². The van der Waals surface area contributed by atoms with Crippen LogP contribution in [0.2, 0.25) is 0 Å². The van der Waals surface area contributed by atoms with E-state index in [-0.39, 0.29) is 37.2 Å². The average Bonchev–Trinajstić information content (AvgIpc) is 2.99. The molecule has 0 saturated carbocycles. The molecule has 11 heteroatoms. The molecule has 2 heterocycles. The summed E-state index contributed by atoms with van der Waals surface area (Å²) >= 11 is 0. The number of nitrogens with zero attached hydrogens (tertiary/aromatic N) is 4. The molecule has 1 aromatic rings. The van der Waals surface area contributed by atoms with Crippen LogP contribution in [0.4, 0.5) is 15.3 Å². The number of hydrogen-bond acceptors (Lipinski definition) is 7. The number of likely N-dealkylation sites (N-methyl/N-ethyl adjacent to an activating group) is 1. The molecule has 0 spiro atoms. The van der Waals surface area contributed by atoms with Crippen LogP contribution in [-0.2, 0) is 19.1 Å². The number of rotatable bonds is 10. The van der Waals surface area contributed by atoms with Crippen LogP contribution in [0.25, 0.3) is 0 Å². The first kappa shape index (κ1) is 35.9. The molecule has 45 heavy (non-hydrogen) atoms. The third-order valence-electron chi connectivity index (χ3n) is 8.27. The number of para-hydroxylation sites is 1. The molecule has 0 bridgehead atoms. The maximum absolute atomic E-state index is 13.2. The van der Waals surface area contributed by atoms with E-state index in [1.54, 1.807) is 14.1 Å². The van der Waals surface area contributed by atoms with E-state index in [4.69, 9.17) is 9.47 Å². The van der Waals surface area contributed by atoms with Gasteiger partial charge in [-0.15, -0.1) is 0 Å². The quantitative estimate of drug-likeness (QED) is 0.308. The lowest BCUT2D eigenvalue weighted by Gasteiger charge is -2.35. The summed E-state index contributed by atoms with van der Waals surface area (Å²) in [6.07, 6.45) is 4.08. The SMILES string of the molecule is CCC(CCN(C)CC1CCN(C(=O)OC(C)(C)C)CC1)OCC#Cc1ccccc1N(C)C(=O)N(C)C1CCC(=O)NC1=O. The van der Waals surface area contributed by atoms with E-state index in [0.29, 0.717) is 23.6 Å². The van der Waals surface area contributed by atoms with Crippen molar-refractivity contribution in [2.24, 2.45) is 5.92 Å². The molecule has 2 saturated heterocycles. The summed E-state index contributed by atoms with van der Waals surface area (Å²) in [6.45, 7) is 11.4. The van der Waals surface area contributed by atoms with Gasteiger partial charge in [0.1, 0.15) is 18.2 Å². The Morgan fingerprint density at radius 1 is 1.09 bits per heavy atom. The Bertz CT molecular complexity index is 1240. The predicted octanol–water partition coefficient (Wildman–Crippen LogP) is 4.10. The normalized spacial score (nSPS) is 18.1. The van der Waals surface area contributed by atoms with Crippen LogP contribution in [0.15, 0.2) is 24.3 Å². The van der Waals surface area contributed by atoms with Crippen molar-refractivity contribution in [3.63, 3.8) is 0 Å². The van der Waals surface area contributed by atoms with Crippen molar-refractivity contribution in [3.05, 3.63) is 29.8 Å². The van der Waals surface area contributed by atoms with Crippen molar-refractivity contribution in [1.29, 1.82) is 0 Å². The number of hydrogen-bond donors (Lipinski definition) is 1. The number of ether oxygens (including phenoxy) is 2. The lowest BCUT2D eigenvalue weighted by Crippen LogP contribution is -2.55. The first-order valence-electron chi connectivity index (χ1n) is 16.0. The highest BCUT2D eigenvalue weighted by Gasteiger charge is 2.34. The number of carbonyl (C=O) groups is 4. The number of nitrogens with one attached hydrogen (secondary N) is 1. The topological polar surface area (TPSA) is 112 Å². The van der Waals surface area contributed by atoms with Gasteiger partial charge in [-0.2, -0.15) is 0 Å². The minimum absolute atomic E-state index is 0.0810. The van der Waals surface area contributed by atoms with Gasteiger partial charge in [0.2, 0.25) is 11.8 Å². The second kappa shape index (κ2) is 16.6. The number of benzene rings is 1. The number of urea groups is 1. The first-order valence-corrected chi connectivity index (χ1v) is 16.0. The zero-order valence-electron chi connectivity index (χ0n) is 28.1. The highest BCUT2D eigenvalue weighted by Crippen LogP contribution is 2.22. The first-order chi connectivity index (χ1) is 21.3. The molecule has 0 aliphatic carbocycles. The summed E-state index contributed by atoms with van der Waals surface area (Å²) in [7, 11) is 5.35. The standard InChI is InChI=1S/C34H51N5O6/c1-8-27(19-20-36(5)24-25-17-21-39(22-18-25)33(43)45-34(2,3)4)44-23-11-13-26-12-9-10-14-28(26)37(6)32(42)38(7)29-15-16-30(40)35-31(29)41/h9-10,12,14,25,27,29H,8,15-24H2,1-7H3,(H,35,40,41). The van der Waals surface area contributed by atoms with Gasteiger partial charge < -0.3 is 24.2 Å². The molecule has 1 aromatic carbocycles. The molecule has 11 nitrogen and oxygen atoms in total. The van der Waals surface area contributed by atoms with Gasteiger partial charge in [0.25, 0.3) is 0 Å². The number of likely N-dealkylation sites (tertiary alicyclic amines) is 1. The molecule has 2 unspecified atom stereocenters. The molecule has 2 atom stereocenters. The Morgan fingerprint density at radius 2 is 1.78 bits per heavy atom. The monoisotopic (exact) mass is 625 g/mol. The van der Waals surface area contributed by atoms with Crippen LogP contribution in [0, 0.1) is 17.8 Å². The van der Waals surface area contributed by atoms with Crippen molar-refractivity contribution < 1.29 is 28.7 Å². The van der Waals surface area contributed by atoms with Crippen molar-refractivity contribution >= 4 is 29.6 Å². The second-order valence-electron chi connectivity index (χ2n) is 13.0. The summed E-state index contributed by atoms with van der Waals surface area (Å²) < 4.78 is 11.6. The van der Waals surface area contributed by atoms with Crippen LogP contribution in [0.5, 0.6) is 0 Å². The van der Waals surface area contributed by atoms with Gasteiger partial charge >= 0.3 is 12.1 Å². The van der Waals surface area contributed by atoms with Crippen LogP contribution in [-0.4, -0.2) is 110 Å². The molecule has 2 aliphatic heterocycles. The molecule has 0 aromatic heterocycles. The van der Waals surface area contributed by atoms with E-state index in [1.807, 2.05) is 49.9 Å². The zero-order chi connectivity index (χ0) is 33.1. The number of piperidine rings is 2. The predicted molar refractivity (Wildman–Crippen MR) is 174 cm³/mol. The molecule has 0 radical (unpaired) electrons. The van der Waals surface area contributed by atoms with Crippen molar-refractivity contribution in [3.8, 4) is 11.8 Å². The van der Waals surface area contributed by atoms with Crippen molar-refractivity contribution in [2.75, 3.05) is 58.8 Å². The van der Waals surface area contributed by atoms with E-state index in [9.17, 15) is 19.2 Å². The molecule has 248 valence electrons. The minimum atomic E-state index is -0.702. The van der Waals surface area contributed by atoms with Crippen molar-refractivity contribution in [1.82, 2.24) is 20.0 Å². The zero-order valence-corrected chi connectivity index (χ0v) is 28.1. The van der Waals surface area contributed by atoms with Gasteiger partial charge in [-0.3, -0.25) is 19.8 Å². The van der Waals surface area contributed by atoms with Crippen LogP contribution < -0.4 is 10.2 Å². The second-order valence-corrected chi connectivity index (χ2v) is 13.0. The van der Waals surface area contributed by atoms with E-state index in [0.717, 1.165) is 51.9 Å². The van der Waals surface area contributed by atoms with Crippen LogP contribution in [0.1, 0.15) is 71.8 Å². The fourth-order valence-electron chi connectivity index (χ4n) is 5.61. The van der Waals surface area contributed by atoms with E-state index >= 15 is 0 Å². The molecule has 3 rings (SSSR count).